The van der Waals surface area contributed by atoms with Crippen molar-refractivity contribution in [1.29, 1.82) is 0 Å². The molecule has 0 aliphatic rings. The maximum atomic E-state index is 12.0. The summed E-state index contributed by atoms with van der Waals surface area (Å²) in [7, 11) is 0. The Morgan fingerprint density at radius 2 is 1.89 bits per heavy atom. The number of nitrogens with one attached hydrogen (secondary N) is 1. The van der Waals surface area contributed by atoms with Gasteiger partial charge < -0.3 is 9.73 Å². The van der Waals surface area contributed by atoms with Gasteiger partial charge in [-0.15, -0.1) is 0 Å². The van der Waals surface area contributed by atoms with Crippen LogP contribution in [-0.4, -0.2) is 16.4 Å². The second kappa shape index (κ2) is 5.03. The Hall–Kier alpha value is -1.85. The monoisotopic (exact) mass is 268 g/mol. The number of nitro groups is 1. The van der Waals surface area contributed by atoms with Gasteiger partial charge in [-0.25, -0.2) is 0 Å². The van der Waals surface area contributed by atoms with E-state index in [9.17, 15) is 14.9 Å². The molecule has 1 N–H and O–H groups in total. The van der Waals surface area contributed by atoms with Crippen molar-refractivity contribution in [2.75, 3.05) is 0 Å². The minimum absolute atomic E-state index is 0.0475. The fraction of sp³-hybridized carbons (Fsp3) is 0.615. The van der Waals surface area contributed by atoms with Crippen LogP contribution < -0.4 is 5.32 Å². The molecule has 1 aromatic rings. The van der Waals surface area contributed by atoms with Gasteiger partial charge in [-0.3, -0.25) is 14.9 Å². The van der Waals surface area contributed by atoms with Gasteiger partial charge in [0, 0.05) is 5.54 Å². The van der Waals surface area contributed by atoms with Gasteiger partial charge in [0.25, 0.3) is 5.91 Å². The number of hydrogen-bond acceptors (Lipinski definition) is 4. The Bertz CT molecular complexity index is 483. The first-order valence-corrected chi connectivity index (χ1v) is 6.07. The largest absolute Gasteiger partial charge is 0.433 e. The van der Waals surface area contributed by atoms with E-state index < -0.39 is 22.3 Å². The van der Waals surface area contributed by atoms with Crippen LogP contribution in [0.3, 0.4) is 0 Å². The number of furan rings is 1. The molecule has 0 atom stereocenters. The SMILES string of the molecule is CC(C)(C)CC(C)(C)NC(=O)c1ccc([N+](=O)[O-])o1. The van der Waals surface area contributed by atoms with Crippen LogP contribution in [0.1, 0.15) is 51.6 Å². The lowest BCUT2D eigenvalue weighted by molar-refractivity contribution is -0.402. The second-order valence-electron chi connectivity index (χ2n) is 6.47. The van der Waals surface area contributed by atoms with E-state index in [1.165, 1.54) is 12.1 Å². The van der Waals surface area contributed by atoms with Crippen molar-refractivity contribution in [1.82, 2.24) is 5.32 Å². The lowest BCUT2D eigenvalue weighted by Crippen LogP contribution is -2.45. The Morgan fingerprint density at radius 1 is 1.32 bits per heavy atom. The van der Waals surface area contributed by atoms with E-state index in [1.807, 2.05) is 13.8 Å². The fourth-order valence-electron chi connectivity index (χ4n) is 2.29. The molecule has 19 heavy (non-hydrogen) atoms. The molecular weight excluding hydrogens is 248 g/mol. The highest BCUT2D eigenvalue weighted by atomic mass is 16.6. The van der Waals surface area contributed by atoms with Crippen molar-refractivity contribution in [3.63, 3.8) is 0 Å². The van der Waals surface area contributed by atoms with Gasteiger partial charge in [0.2, 0.25) is 0 Å². The average Bonchev–Trinajstić information content (AvgIpc) is 2.60. The number of rotatable bonds is 4. The predicted molar refractivity (Wildman–Crippen MR) is 71.0 cm³/mol. The summed E-state index contributed by atoms with van der Waals surface area (Å²) in [6.45, 7) is 10.1. The van der Waals surface area contributed by atoms with Crippen molar-refractivity contribution in [2.24, 2.45) is 5.41 Å². The first-order chi connectivity index (χ1) is 8.50. The van der Waals surface area contributed by atoms with Crippen LogP contribution in [0.4, 0.5) is 5.88 Å². The van der Waals surface area contributed by atoms with E-state index >= 15 is 0 Å². The van der Waals surface area contributed by atoms with E-state index in [4.69, 9.17) is 4.42 Å². The standard InChI is InChI=1S/C13H20N2O4/c1-12(2,3)8-13(4,5)14-11(16)9-6-7-10(19-9)15(17)18/h6-7H,8H2,1-5H3,(H,14,16). The predicted octanol–water partition coefficient (Wildman–Crippen LogP) is 3.13. The summed E-state index contributed by atoms with van der Waals surface area (Å²) in [5.41, 5.74) is -0.358. The maximum absolute atomic E-state index is 12.0. The lowest BCUT2D eigenvalue weighted by Gasteiger charge is -2.32. The van der Waals surface area contributed by atoms with Gasteiger partial charge in [0.05, 0.1) is 6.07 Å². The quantitative estimate of drug-likeness (QED) is 0.671. The minimum atomic E-state index is -0.670. The normalized spacial score (nSPS) is 12.3. The smallest absolute Gasteiger partial charge is 0.395 e. The van der Waals surface area contributed by atoms with Crippen molar-refractivity contribution >= 4 is 11.8 Å². The molecule has 0 aliphatic carbocycles. The highest BCUT2D eigenvalue weighted by Gasteiger charge is 2.28. The highest BCUT2D eigenvalue weighted by molar-refractivity contribution is 5.92. The molecule has 6 nitrogen and oxygen atoms in total. The maximum Gasteiger partial charge on any atom is 0.433 e. The van der Waals surface area contributed by atoms with Gasteiger partial charge in [0.15, 0.2) is 5.76 Å². The zero-order chi connectivity index (χ0) is 14.8. The van der Waals surface area contributed by atoms with Crippen LogP contribution in [0.15, 0.2) is 16.5 Å². The van der Waals surface area contributed by atoms with Crippen LogP contribution >= 0.6 is 0 Å². The third kappa shape index (κ3) is 4.73. The molecule has 0 radical (unpaired) electrons. The third-order valence-electron chi connectivity index (χ3n) is 2.42. The van der Waals surface area contributed by atoms with Crippen molar-refractivity contribution < 1.29 is 14.1 Å². The summed E-state index contributed by atoms with van der Waals surface area (Å²) in [6, 6.07) is 2.48. The van der Waals surface area contributed by atoms with E-state index in [-0.39, 0.29) is 11.2 Å². The summed E-state index contributed by atoms with van der Waals surface area (Å²) in [4.78, 5) is 21.8. The number of nitrogens with zero attached hydrogens (tertiary/aromatic N) is 1. The molecule has 1 rings (SSSR count). The van der Waals surface area contributed by atoms with Crippen LogP contribution in [0.25, 0.3) is 0 Å². The van der Waals surface area contributed by atoms with Crippen LogP contribution in [0.5, 0.6) is 0 Å². The summed E-state index contributed by atoms with van der Waals surface area (Å²) >= 11 is 0. The molecule has 0 saturated heterocycles. The lowest BCUT2D eigenvalue weighted by atomic mass is 9.82. The molecule has 106 valence electrons. The fourth-order valence-corrected chi connectivity index (χ4v) is 2.29. The Morgan fingerprint density at radius 3 is 2.32 bits per heavy atom. The van der Waals surface area contributed by atoms with Crippen molar-refractivity contribution in [3.8, 4) is 0 Å². The van der Waals surface area contributed by atoms with E-state index in [2.05, 4.69) is 26.1 Å². The molecule has 1 heterocycles. The van der Waals surface area contributed by atoms with Gasteiger partial charge in [-0.05, 0) is 31.7 Å². The van der Waals surface area contributed by atoms with E-state index in [0.717, 1.165) is 6.42 Å². The molecule has 0 unspecified atom stereocenters. The summed E-state index contributed by atoms with van der Waals surface area (Å²) in [5.74, 6) is -0.921. The summed E-state index contributed by atoms with van der Waals surface area (Å²) < 4.78 is 4.87. The number of hydrogen-bond donors (Lipinski definition) is 1. The molecule has 0 bridgehead atoms. The molecule has 1 amide bonds. The van der Waals surface area contributed by atoms with Crippen LogP contribution in [0, 0.1) is 15.5 Å². The second-order valence-corrected chi connectivity index (χ2v) is 6.47. The van der Waals surface area contributed by atoms with E-state index in [1.54, 1.807) is 0 Å². The molecular formula is C13H20N2O4. The summed E-state index contributed by atoms with van der Waals surface area (Å²) in [6.07, 6.45) is 0.772. The van der Waals surface area contributed by atoms with Crippen molar-refractivity contribution in [3.05, 3.63) is 28.0 Å². The zero-order valence-electron chi connectivity index (χ0n) is 11.9. The van der Waals surface area contributed by atoms with E-state index in [0.29, 0.717) is 0 Å². The van der Waals surface area contributed by atoms with Crippen LogP contribution in [0.2, 0.25) is 0 Å². The molecule has 0 aromatic carbocycles. The number of amides is 1. The average molecular weight is 268 g/mol. The highest BCUT2D eigenvalue weighted by Crippen LogP contribution is 2.27. The number of carbonyl (C=O) groups is 1. The molecule has 0 fully saturated rings. The van der Waals surface area contributed by atoms with Gasteiger partial charge in [-0.2, -0.15) is 0 Å². The topological polar surface area (TPSA) is 85.4 Å². The Balaban J connectivity index is 2.75. The Labute approximate surface area is 112 Å². The summed E-state index contributed by atoms with van der Waals surface area (Å²) in [5, 5.41) is 13.3. The third-order valence-corrected chi connectivity index (χ3v) is 2.42. The molecule has 0 aliphatic heterocycles. The molecule has 0 spiro atoms. The van der Waals surface area contributed by atoms with Gasteiger partial charge in [-0.1, -0.05) is 20.8 Å². The van der Waals surface area contributed by atoms with Gasteiger partial charge in [0.1, 0.15) is 4.92 Å². The minimum Gasteiger partial charge on any atom is -0.395 e. The van der Waals surface area contributed by atoms with Crippen molar-refractivity contribution in [2.45, 2.75) is 46.6 Å². The Kier molecular flexibility index (Phi) is 4.03. The van der Waals surface area contributed by atoms with Gasteiger partial charge >= 0.3 is 5.88 Å². The molecule has 6 heteroatoms. The first kappa shape index (κ1) is 15.2. The molecule has 0 saturated carbocycles. The zero-order valence-corrected chi connectivity index (χ0v) is 11.9. The first-order valence-electron chi connectivity index (χ1n) is 6.07. The van der Waals surface area contributed by atoms with Crippen LogP contribution in [-0.2, 0) is 0 Å². The molecule has 1 aromatic heterocycles. The number of carbonyl (C=O) groups excluding carboxylic acids is 1.